The summed E-state index contributed by atoms with van der Waals surface area (Å²) in [6.07, 6.45) is 14.5. The first-order valence-corrected chi connectivity index (χ1v) is 10.4. The number of nitrogens with zero attached hydrogens (tertiary/aromatic N) is 2. The number of benzene rings is 1. The van der Waals surface area contributed by atoms with Crippen LogP contribution < -0.4 is 0 Å². The second-order valence-corrected chi connectivity index (χ2v) is 8.23. The Labute approximate surface area is 164 Å². The lowest BCUT2D eigenvalue weighted by Crippen LogP contribution is -2.00. The summed E-state index contributed by atoms with van der Waals surface area (Å²) in [5.41, 5.74) is 6.50. The first kappa shape index (κ1) is 19.5. The van der Waals surface area contributed by atoms with Gasteiger partial charge in [-0.25, -0.2) is 9.97 Å². The molecule has 1 heterocycles. The van der Waals surface area contributed by atoms with Crippen LogP contribution in [0.2, 0.25) is 0 Å². The molecule has 0 bridgehead atoms. The molecule has 1 aliphatic rings. The van der Waals surface area contributed by atoms with E-state index in [2.05, 4.69) is 62.2 Å². The molecule has 142 valence electrons. The van der Waals surface area contributed by atoms with Crippen molar-refractivity contribution in [2.24, 2.45) is 5.92 Å². The maximum absolute atomic E-state index is 4.80. The van der Waals surface area contributed by atoms with Crippen LogP contribution in [0.5, 0.6) is 0 Å². The zero-order chi connectivity index (χ0) is 19.1. The van der Waals surface area contributed by atoms with Gasteiger partial charge in [0.15, 0.2) is 0 Å². The average Bonchev–Trinajstić information content (AvgIpc) is 3.08. The van der Waals surface area contributed by atoms with Gasteiger partial charge in [-0.05, 0) is 54.9 Å². The Morgan fingerprint density at radius 3 is 2.63 bits per heavy atom. The molecule has 3 rings (SSSR count). The molecule has 2 heteroatoms. The molecule has 0 aliphatic heterocycles. The molecule has 2 aromatic rings. The number of rotatable bonds is 9. The van der Waals surface area contributed by atoms with Crippen molar-refractivity contribution >= 4 is 5.57 Å². The van der Waals surface area contributed by atoms with E-state index in [1.54, 1.807) is 0 Å². The Morgan fingerprint density at radius 1 is 1.00 bits per heavy atom. The van der Waals surface area contributed by atoms with Crippen LogP contribution in [-0.2, 0) is 12.8 Å². The van der Waals surface area contributed by atoms with Crippen LogP contribution in [0.25, 0.3) is 5.57 Å². The van der Waals surface area contributed by atoms with E-state index in [4.69, 9.17) is 4.98 Å². The van der Waals surface area contributed by atoms with Crippen molar-refractivity contribution in [1.29, 1.82) is 0 Å². The van der Waals surface area contributed by atoms with Gasteiger partial charge in [-0.1, -0.05) is 75.1 Å². The lowest BCUT2D eigenvalue weighted by molar-refractivity contribution is 0.527. The summed E-state index contributed by atoms with van der Waals surface area (Å²) in [5, 5.41) is 0. The summed E-state index contributed by atoms with van der Waals surface area (Å²) in [5.74, 6) is 1.73. The lowest BCUT2D eigenvalue weighted by atomic mass is 10.0. The predicted molar refractivity (Wildman–Crippen MR) is 115 cm³/mol. The zero-order valence-electron chi connectivity index (χ0n) is 17.0. The van der Waals surface area contributed by atoms with Crippen LogP contribution in [0.3, 0.4) is 0 Å². The number of hydrogen-bond acceptors (Lipinski definition) is 2. The molecule has 0 saturated carbocycles. The summed E-state index contributed by atoms with van der Waals surface area (Å²) in [7, 11) is 0. The topological polar surface area (TPSA) is 25.8 Å². The zero-order valence-corrected chi connectivity index (χ0v) is 17.0. The van der Waals surface area contributed by atoms with Crippen LogP contribution in [0.15, 0.2) is 54.3 Å². The van der Waals surface area contributed by atoms with Gasteiger partial charge in [-0.3, -0.25) is 0 Å². The van der Waals surface area contributed by atoms with Gasteiger partial charge in [0.05, 0.1) is 5.69 Å². The largest absolute Gasteiger partial charge is 0.241 e. The van der Waals surface area contributed by atoms with Crippen LogP contribution in [0.4, 0.5) is 0 Å². The fraction of sp³-hybridized carbons (Fsp3) is 0.440. The average molecular weight is 361 g/mol. The summed E-state index contributed by atoms with van der Waals surface area (Å²) >= 11 is 0. The van der Waals surface area contributed by atoms with E-state index in [-0.39, 0.29) is 0 Å². The fourth-order valence-electron chi connectivity index (χ4n) is 3.64. The molecule has 27 heavy (non-hydrogen) atoms. The molecule has 0 saturated heterocycles. The third-order valence-electron chi connectivity index (χ3n) is 5.17. The molecule has 0 fully saturated rings. The number of hydrogen-bond donors (Lipinski definition) is 0. The van der Waals surface area contributed by atoms with Gasteiger partial charge in [0.2, 0.25) is 0 Å². The highest BCUT2D eigenvalue weighted by Crippen LogP contribution is 2.26. The van der Waals surface area contributed by atoms with Crippen LogP contribution in [-0.4, -0.2) is 9.97 Å². The highest BCUT2D eigenvalue weighted by Gasteiger charge is 2.10. The van der Waals surface area contributed by atoms with Crippen molar-refractivity contribution in [3.8, 4) is 0 Å². The molecule has 0 spiro atoms. The number of aromatic nitrogens is 2. The Hall–Kier alpha value is -2.22. The van der Waals surface area contributed by atoms with E-state index in [1.165, 1.54) is 54.4 Å². The van der Waals surface area contributed by atoms with Crippen molar-refractivity contribution in [2.75, 3.05) is 0 Å². The summed E-state index contributed by atoms with van der Waals surface area (Å²) in [4.78, 5) is 9.31. The van der Waals surface area contributed by atoms with E-state index < -0.39 is 0 Å². The van der Waals surface area contributed by atoms with Gasteiger partial charge in [0, 0.05) is 12.6 Å². The number of aryl methyl sites for hydroxylation is 1. The molecule has 0 N–H and O–H groups in total. The Morgan fingerprint density at radius 2 is 1.85 bits per heavy atom. The minimum Gasteiger partial charge on any atom is -0.241 e. The quantitative estimate of drug-likeness (QED) is 0.473. The van der Waals surface area contributed by atoms with E-state index in [0.29, 0.717) is 0 Å². The maximum atomic E-state index is 4.80. The van der Waals surface area contributed by atoms with Crippen molar-refractivity contribution in [3.63, 3.8) is 0 Å². The lowest BCUT2D eigenvalue weighted by Gasteiger charge is -2.08. The van der Waals surface area contributed by atoms with Crippen LogP contribution >= 0.6 is 0 Å². The Bertz CT molecular complexity index is 815. The minimum atomic E-state index is 0.800. The Balaban J connectivity index is 1.56. The molecule has 1 aromatic carbocycles. The molecular weight excluding hydrogens is 328 g/mol. The van der Waals surface area contributed by atoms with Gasteiger partial charge >= 0.3 is 0 Å². The van der Waals surface area contributed by atoms with Gasteiger partial charge < -0.3 is 0 Å². The highest BCUT2D eigenvalue weighted by atomic mass is 14.9. The first-order chi connectivity index (χ1) is 13.1. The van der Waals surface area contributed by atoms with Crippen molar-refractivity contribution in [1.82, 2.24) is 9.97 Å². The summed E-state index contributed by atoms with van der Waals surface area (Å²) < 4.78 is 0. The third-order valence-corrected chi connectivity index (χ3v) is 5.17. The Kier molecular flexibility index (Phi) is 6.98. The van der Waals surface area contributed by atoms with E-state index in [0.717, 1.165) is 30.3 Å². The highest BCUT2D eigenvalue weighted by molar-refractivity contribution is 5.69. The van der Waals surface area contributed by atoms with Crippen LogP contribution in [0.1, 0.15) is 75.5 Å². The minimum absolute atomic E-state index is 0.800. The SMILES string of the molecule is CC1=CC=C(c2ccnc(Cc3cccc(CCCCCC(C)C)c3)n2)C1. The normalized spacial score (nSPS) is 13.8. The third kappa shape index (κ3) is 6.16. The standard InChI is InChI=1S/C25H32N2/c1-19(2)8-5-4-6-9-21-10-7-11-22(17-21)18-25-26-15-14-24(27-25)23-13-12-20(3)16-23/h7,10-15,17,19H,4-6,8-9,16,18H2,1-3H3. The van der Waals surface area contributed by atoms with Gasteiger partial charge in [0.25, 0.3) is 0 Å². The molecule has 1 aliphatic carbocycles. The van der Waals surface area contributed by atoms with Gasteiger partial charge in [-0.15, -0.1) is 0 Å². The monoisotopic (exact) mass is 360 g/mol. The van der Waals surface area contributed by atoms with Crippen molar-refractivity contribution < 1.29 is 0 Å². The predicted octanol–water partition coefficient (Wildman–Crippen LogP) is 6.56. The number of allylic oxidation sites excluding steroid dienone is 4. The maximum Gasteiger partial charge on any atom is 0.133 e. The molecule has 0 unspecified atom stereocenters. The molecule has 0 amide bonds. The molecule has 0 atom stereocenters. The van der Waals surface area contributed by atoms with E-state index in [1.807, 2.05) is 12.3 Å². The fourth-order valence-corrected chi connectivity index (χ4v) is 3.64. The second kappa shape index (κ2) is 9.64. The summed E-state index contributed by atoms with van der Waals surface area (Å²) in [6, 6.07) is 11.0. The van der Waals surface area contributed by atoms with Gasteiger partial charge in [-0.2, -0.15) is 0 Å². The van der Waals surface area contributed by atoms with Crippen LogP contribution in [0, 0.1) is 5.92 Å². The number of unbranched alkanes of at least 4 members (excludes halogenated alkanes) is 2. The first-order valence-electron chi connectivity index (χ1n) is 10.4. The summed E-state index contributed by atoms with van der Waals surface area (Å²) in [6.45, 7) is 6.78. The van der Waals surface area contributed by atoms with Crippen molar-refractivity contribution in [2.45, 2.75) is 65.7 Å². The molecule has 0 radical (unpaired) electrons. The molecular formula is C25H32N2. The van der Waals surface area contributed by atoms with Crippen molar-refractivity contribution in [3.05, 3.63) is 76.9 Å². The van der Waals surface area contributed by atoms with Gasteiger partial charge in [0.1, 0.15) is 5.82 Å². The second-order valence-electron chi connectivity index (χ2n) is 8.23. The molecule has 1 aromatic heterocycles. The smallest absolute Gasteiger partial charge is 0.133 e. The van der Waals surface area contributed by atoms with E-state index in [9.17, 15) is 0 Å². The van der Waals surface area contributed by atoms with E-state index >= 15 is 0 Å². The molecule has 2 nitrogen and oxygen atoms in total.